The topological polar surface area (TPSA) is 79.0 Å². The number of urea groups is 1. The molecule has 0 unspecified atom stereocenters. The smallest absolute Gasteiger partial charge is 0.387 e. The fourth-order valence-corrected chi connectivity index (χ4v) is 2.97. The zero-order chi connectivity index (χ0) is 21.1. The van der Waals surface area contributed by atoms with Gasteiger partial charge in [0.25, 0.3) is 5.91 Å². The minimum absolute atomic E-state index is 0.0505. The molecule has 0 radical (unpaired) electrons. The van der Waals surface area contributed by atoms with Gasteiger partial charge in [0.15, 0.2) is 0 Å². The van der Waals surface area contributed by atoms with Crippen molar-refractivity contribution in [2.24, 2.45) is 0 Å². The third-order valence-electron chi connectivity index (χ3n) is 4.42. The van der Waals surface area contributed by atoms with Gasteiger partial charge in [0.05, 0.1) is 0 Å². The summed E-state index contributed by atoms with van der Waals surface area (Å²) >= 11 is 0. The first-order valence-electron chi connectivity index (χ1n) is 8.82. The second-order valence-electron chi connectivity index (χ2n) is 6.54. The average Bonchev–Trinajstić information content (AvgIpc) is 2.87. The lowest BCUT2D eigenvalue weighted by atomic mass is 10.2. The highest BCUT2D eigenvalue weighted by atomic mass is 19.3. The fourth-order valence-electron chi connectivity index (χ4n) is 2.97. The second-order valence-corrected chi connectivity index (χ2v) is 6.54. The maximum Gasteiger partial charge on any atom is 0.387 e. The molecule has 1 heterocycles. The van der Waals surface area contributed by atoms with Crippen LogP contribution in [0.4, 0.5) is 25.0 Å². The Morgan fingerprint density at radius 3 is 2.31 bits per heavy atom. The number of halogens is 2. The van der Waals surface area contributed by atoms with Crippen molar-refractivity contribution in [3.05, 3.63) is 54.1 Å². The standard InChI is InChI=1S/C20H19F2N3O4/c1-12-3-7-15(8-4-12)25-13(2)18(27)24(20(25)28)11-17(26)23-14-5-9-16(10-6-14)29-19(21)22/h3-10,13,19H,11H2,1-2H3,(H,23,26)/t13-/m1/s1. The Kier molecular flexibility index (Phi) is 5.76. The molecule has 0 bridgehead atoms. The van der Waals surface area contributed by atoms with E-state index in [0.29, 0.717) is 11.4 Å². The van der Waals surface area contributed by atoms with Crippen LogP contribution in [-0.4, -0.2) is 41.9 Å². The summed E-state index contributed by atoms with van der Waals surface area (Å²) in [6, 6.07) is 11.1. The number of ether oxygens (including phenoxy) is 1. The molecule has 4 amide bonds. The van der Waals surface area contributed by atoms with E-state index in [4.69, 9.17) is 0 Å². The van der Waals surface area contributed by atoms with Gasteiger partial charge in [-0.25, -0.2) is 4.79 Å². The van der Waals surface area contributed by atoms with Gasteiger partial charge < -0.3 is 10.1 Å². The van der Waals surface area contributed by atoms with E-state index < -0.39 is 37.0 Å². The molecule has 1 saturated heterocycles. The van der Waals surface area contributed by atoms with E-state index in [9.17, 15) is 23.2 Å². The van der Waals surface area contributed by atoms with Crippen LogP contribution >= 0.6 is 0 Å². The first-order valence-corrected chi connectivity index (χ1v) is 8.82. The molecule has 0 spiro atoms. The van der Waals surface area contributed by atoms with Crippen LogP contribution in [0.5, 0.6) is 5.75 Å². The van der Waals surface area contributed by atoms with Crippen molar-refractivity contribution in [1.29, 1.82) is 0 Å². The summed E-state index contributed by atoms with van der Waals surface area (Å²) in [6.45, 7) is 0.105. The fraction of sp³-hybridized carbons (Fsp3) is 0.250. The van der Waals surface area contributed by atoms with Crippen LogP contribution in [0.15, 0.2) is 48.5 Å². The quantitative estimate of drug-likeness (QED) is 0.750. The Morgan fingerprint density at radius 1 is 1.10 bits per heavy atom. The molecule has 0 saturated carbocycles. The normalized spacial score (nSPS) is 16.5. The van der Waals surface area contributed by atoms with E-state index in [2.05, 4.69) is 10.1 Å². The molecule has 0 aromatic heterocycles. The predicted molar refractivity (Wildman–Crippen MR) is 102 cm³/mol. The van der Waals surface area contributed by atoms with Gasteiger partial charge in [0, 0.05) is 11.4 Å². The largest absolute Gasteiger partial charge is 0.435 e. The lowest BCUT2D eigenvalue weighted by Gasteiger charge is -2.19. The number of imide groups is 1. The van der Waals surface area contributed by atoms with Crippen LogP contribution in [0.25, 0.3) is 0 Å². The molecular weight excluding hydrogens is 384 g/mol. The lowest BCUT2D eigenvalue weighted by Crippen LogP contribution is -2.39. The first-order chi connectivity index (χ1) is 13.8. The number of carbonyl (C=O) groups excluding carboxylic acids is 3. The number of aryl methyl sites for hydroxylation is 1. The third kappa shape index (κ3) is 4.50. The van der Waals surface area contributed by atoms with Crippen LogP contribution in [0.1, 0.15) is 12.5 Å². The average molecular weight is 403 g/mol. The highest BCUT2D eigenvalue weighted by Gasteiger charge is 2.44. The van der Waals surface area contributed by atoms with Crippen molar-refractivity contribution in [1.82, 2.24) is 4.90 Å². The number of carbonyl (C=O) groups is 3. The molecule has 29 heavy (non-hydrogen) atoms. The molecule has 1 fully saturated rings. The van der Waals surface area contributed by atoms with Crippen molar-refractivity contribution < 1.29 is 27.9 Å². The summed E-state index contributed by atoms with van der Waals surface area (Å²) in [6.07, 6.45) is 0. The second kappa shape index (κ2) is 8.26. The summed E-state index contributed by atoms with van der Waals surface area (Å²) in [5.41, 5.74) is 1.90. The SMILES string of the molecule is Cc1ccc(N2C(=O)N(CC(=O)Nc3ccc(OC(F)F)cc3)C(=O)[C@H]2C)cc1. The van der Waals surface area contributed by atoms with Crippen LogP contribution < -0.4 is 15.0 Å². The van der Waals surface area contributed by atoms with Gasteiger partial charge in [-0.2, -0.15) is 8.78 Å². The van der Waals surface area contributed by atoms with E-state index in [1.807, 2.05) is 19.1 Å². The van der Waals surface area contributed by atoms with Gasteiger partial charge in [-0.1, -0.05) is 17.7 Å². The van der Waals surface area contributed by atoms with Crippen molar-refractivity contribution >= 4 is 29.2 Å². The van der Waals surface area contributed by atoms with Crippen molar-refractivity contribution in [2.45, 2.75) is 26.5 Å². The van der Waals surface area contributed by atoms with Gasteiger partial charge in [-0.15, -0.1) is 0 Å². The van der Waals surface area contributed by atoms with Crippen molar-refractivity contribution in [3.63, 3.8) is 0 Å². The maximum absolute atomic E-state index is 12.7. The van der Waals surface area contributed by atoms with Crippen LogP contribution in [0, 0.1) is 6.92 Å². The highest BCUT2D eigenvalue weighted by Crippen LogP contribution is 2.26. The molecule has 1 atom stereocenters. The zero-order valence-electron chi connectivity index (χ0n) is 15.8. The lowest BCUT2D eigenvalue weighted by molar-refractivity contribution is -0.130. The number of benzene rings is 2. The first kappa shape index (κ1) is 20.2. The molecular formula is C20H19F2N3O4. The Morgan fingerprint density at radius 2 is 1.72 bits per heavy atom. The number of amides is 4. The van der Waals surface area contributed by atoms with E-state index in [1.165, 1.54) is 29.2 Å². The number of nitrogens with one attached hydrogen (secondary N) is 1. The van der Waals surface area contributed by atoms with E-state index in [0.717, 1.165) is 10.5 Å². The molecule has 7 nitrogen and oxygen atoms in total. The molecule has 2 aromatic carbocycles. The molecule has 9 heteroatoms. The van der Waals surface area contributed by atoms with Gasteiger partial charge in [-0.05, 0) is 50.2 Å². The highest BCUT2D eigenvalue weighted by molar-refractivity contribution is 6.16. The van der Waals surface area contributed by atoms with Crippen LogP contribution in [0.2, 0.25) is 0 Å². The maximum atomic E-state index is 12.7. The Hall–Kier alpha value is -3.49. The number of nitrogens with zero attached hydrogens (tertiary/aromatic N) is 2. The molecule has 2 aromatic rings. The summed E-state index contributed by atoms with van der Waals surface area (Å²) in [7, 11) is 0. The number of hydrogen-bond donors (Lipinski definition) is 1. The summed E-state index contributed by atoms with van der Waals surface area (Å²) < 4.78 is 28.6. The Labute approximate surface area is 165 Å². The predicted octanol–water partition coefficient (Wildman–Crippen LogP) is 3.39. The minimum Gasteiger partial charge on any atom is -0.435 e. The minimum atomic E-state index is -2.94. The zero-order valence-corrected chi connectivity index (χ0v) is 15.8. The van der Waals surface area contributed by atoms with E-state index in [1.54, 1.807) is 19.1 Å². The molecule has 1 aliphatic heterocycles. The van der Waals surface area contributed by atoms with Gasteiger partial charge in [0.1, 0.15) is 18.3 Å². The molecule has 152 valence electrons. The third-order valence-corrected chi connectivity index (χ3v) is 4.42. The monoisotopic (exact) mass is 403 g/mol. The molecule has 1 aliphatic rings. The van der Waals surface area contributed by atoms with Crippen molar-refractivity contribution in [2.75, 3.05) is 16.8 Å². The molecule has 0 aliphatic carbocycles. The number of anilines is 2. The summed E-state index contributed by atoms with van der Waals surface area (Å²) in [5, 5.41) is 2.52. The van der Waals surface area contributed by atoms with Crippen LogP contribution in [-0.2, 0) is 9.59 Å². The number of rotatable bonds is 6. The molecule has 1 N–H and O–H groups in total. The van der Waals surface area contributed by atoms with E-state index >= 15 is 0 Å². The summed E-state index contributed by atoms with van der Waals surface area (Å²) in [4.78, 5) is 39.7. The summed E-state index contributed by atoms with van der Waals surface area (Å²) in [5.74, 6) is -1.12. The van der Waals surface area contributed by atoms with Gasteiger partial charge in [0.2, 0.25) is 5.91 Å². The van der Waals surface area contributed by atoms with E-state index in [-0.39, 0.29) is 5.75 Å². The number of alkyl halides is 2. The van der Waals surface area contributed by atoms with Crippen LogP contribution in [0.3, 0.4) is 0 Å². The van der Waals surface area contributed by atoms with Gasteiger partial charge in [-0.3, -0.25) is 19.4 Å². The Balaban J connectivity index is 1.66. The van der Waals surface area contributed by atoms with Crippen molar-refractivity contribution in [3.8, 4) is 5.75 Å². The van der Waals surface area contributed by atoms with Gasteiger partial charge >= 0.3 is 12.6 Å². The Bertz CT molecular complexity index is 916. The molecule has 3 rings (SSSR count). The number of hydrogen-bond acceptors (Lipinski definition) is 4.